The molecule has 76 valence electrons. The summed E-state index contributed by atoms with van der Waals surface area (Å²) in [7, 11) is 0. The standard InChI is InChI=1S/C10H12FNOS/c11-9-4-2-8(3-5-9)10(13)12-6-1-7-14/h2-5,14H,1,6-7H2,(H,12,13). The number of thiol groups is 1. The van der Waals surface area contributed by atoms with E-state index in [1.165, 1.54) is 24.3 Å². The topological polar surface area (TPSA) is 29.1 Å². The number of benzene rings is 1. The summed E-state index contributed by atoms with van der Waals surface area (Å²) in [5, 5.41) is 2.71. The van der Waals surface area contributed by atoms with E-state index < -0.39 is 0 Å². The molecule has 1 N–H and O–H groups in total. The molecule has 1 aromatic rings. The predicted octanol–water partition coefficient (Wildman–Crippen LogP) is 1.88. The van der Waals surface area contributed by atoms with Crippen molar-refractivity contribution in [1.29, 1.82) is 0 Å². The van der Waals surface area contributed by atoms with Crippen molar-refractivity contribution < 1.29 is 9.18 Å². The summed E-state index contributed by atoms with van der Waals surface area (Å²) in [6.45, 7) is 0.597. The molecule has 14 heavy (non-hydrogen) atoms. The van der Waals surface area contributed by atoms with Crippen LogP contribution in [0.4, 0.5) is 4.39 Å². The van der Waals surface area contributed by atoms with Crippen LogP contribution >= 0.6 is 12.6 Å². The molecule has 0 radical (unpaired) electrons. The van der Waals surface area contributed by atoms with Gasteiger partial charge >= 0.3 is 0 Å². The molecule has 0 unspecified atom stereocenters. The highest BCUT2D eigenvalue weighted by Gasteiger charge is 2.03. The van der Waals surface area contributed by atoms with Crippen LogP contribution in [0, 0.1) is 5.82 Å². The van der Waals surface area contributed by atoms with Gasteiger partial charge in [0.05, 0.1) is 0 Å². The first-order valence-electron chi connectivity index (χ1n) is 4.38. The van der Waals surface area contributed by atoms with Crippen molar-refractivity contribution in [3.63, 3.8) is 0 Å². The second-order valence-electron chi connectivity index (χ2n) is 2.84. The quantitative estimate of drug-likeness (QED) is 0.580. The normalized spacial score (nSPS) is 9.86. The van der Waals surface area contributed by atoms with Crippen LogP contribution in [0.2, 0.25) is 0 Å². The summed E-state index contributed by atoms with van der Waals surface area (Å²) >= 11 is 4.02. The van der Waals surface area contributed by atoms with Gasteiger partial charge in [0.1, 0.15) is 5.82 Å². The molecule has 0 bridgehead atoms. The van der Waals surface area contributed by atoms with Gasteiger partial charge in [-0.3, -0.25) is 4.79 Å². The summed E-state index contributed by atoms with van der Waals surface area (Å²) in [6.07, 6.45) is 0.829. The van der Waals surface area contributed by atoms with E-state index in [9.17, 15) is 9.18 Å². The van der Waals surface area contributed by atoms with Gasteiger partial charge in [-0.2, -0.15) is 12.6 Å². The predicted molar refractivity (Wildman–Crippen MR) is 57.2 cm³/mol. The van der Waals surface area contributed by atoms with Gasteiger partial charge in [-0.25, -0.2) is 4.39 Å². The van der Waals surface area contributed by atoms with E-state index in [1.807, 2.05) is 0 Å². The Hall–Kier alpha value is -1.03. The first-order valence-corrected chi connectivity index (χ1v) is 5.02. The maximum atomic E-state index is 12.5. The molecule has 0 heterocycles. The fourth-order valence-electron chi connectivity index (χ4n) is 0.984. The Morgan fingerprint density at radius 3 is 2.57 bits per heavy atom. The van der Waals surface area contributed by atoms with Crippen molar-refractivity contribution >= 4 is 18.5 Å². The minimum absolute atomic E-state index is 0.174. The molecule has 0 aromatic heterocycles. The highest BCUT2D eigenvalue weighted by atomic mass is 32.1. The van der Waals surface area contributed by atoms with Crippen LogP contribution in [-0.2, 0) is 0 Å². The number of hydrogen-bond donors (Lipinski definition) is 2. The van der Waals surface area contributed by atoms with E-state index in [-0.39, 0.29) is 11.7 Å². The SMILES string of the molecule is O=C(NCCCS)c1ccc(F)cc1. The van der Waals surface area contributed by atoms with Gasteiger partial charge in [-0.15, -0.1) is 0 Å². The summed E-state index contributed by atoms with van der Waals surface area (Å²) < 4.78 is 12.5. The maximum Gasteiger partial charge on any atom is 0.251 e. The lowest BCUT2D eigenvalue weighted by molar-refractivity contribution is 0.0954. The summed E-state index contributed by atoms with van der Waals surface area (Å²) in [4.78, 5) is 11.4. The van der Waals surface area contributed by atoms with Crippen LogP contribution in [0.25, 0.3) is 0 Å². The van der Waals surface area contributed by atoms with E-state index in [0.29, 0.717) is 12.1 Å². The average molecular weight is 213 g/mol. The maximum absolute atomic E-state index is 12.5. The third-order valence-corrected chi connectivity index (χ3v) is 2.04. The van der Waals surface area contributed by atoms with Gasteiger partial charge < -0.3 is 5.32 Å². The number of hydrogen-bond acceptors (Lipinski definition) is 2. The van der Waals surface area contributed by atoms with Gasteiger partial charge in [0.25, 0.3) is 5.91 Å². The van der Waals surface area contributed by atoms with E-state index in [1.54, 1.807) is 0 Å². The van der Waals surface area contributed by atoms with Crippen molar-refractivity contribution in [3.05, 3.63) is 35.6 Å². The Balaban J connectivity index is 2.48. The smallest absolute Gasteiger partial charge is 0.251 e. The molecule has 1 aromatic carbocycles. The number of carbonyl (C=O) groups excluding carboxylic acids is 1. The number of nitrogens with one attached hydrogen (secondary N) is 1. The van der Waals surface area contributed by atoms with Crippen molar-refractivity contribution in [2.45, 2.75) is 6.42 Å². The Bertz CT molecular complexity index is 299. The molecule has 0 aliphatic heterocycles. The Labute approximate surface area is 87.9 Å². The number of halogens is 1. The zero-order chi connectivity index (χ0) is 10.4. The van der Waals surface area contributed by atoms with Crippen LogP contribution < -0.4 is 5.32 Å². The molecule has 0 atom stereocenters. The molecule has 2 nitrogen and oxygen atoms in total. The molecule has 0 spiro atoms. The zero-order valence-electron chi connectivity index (χ0n) is 7.66. The van der Waals surface area contributed by atoms with Crippen LogP contribution in [0.3, 0.4) is 0 Å². The lowest BCUT2D eigenvalue weighted by Crippen LogP contribution is -2.24. The summed E-state index contributed by atoms with van der Waals surface area (Å²) in [6, 6.07) is 5.47. The fourth-order valence-corrected chi connectivity index (χ4v) is 1.14. The average Bonchev–Trinajstić information content (AvgIpc) is 2.19. The van der Waals surface area contributed by atoms with Crippen molar-refractivity contribution in [2.24, 2.45) is 0 Å². The van der Waals surface area contributed by atoms with E-state index in [4.69, 9.17) is 0 Å². The third kappa shape index (κ3) is 3.38. The Morgan fingerprint density at radius 2 is 2.00 bits per heavy atom. The summed E-state index contributed by atoms with van der Waals surface area (Å²) in [5.41, 5.74) is 0.477. The van der Waals surface area contributed by atoms with Gasteiger partial charge in [0.15, 0.2) is 0 Å². The molecule has 0 aliphatic carbocycles. The van der Waals surface area contributed by atoms with Crippen LogP contribution in [0.5, 0.6) is 0 Å². The van der Waals surface area contributed by atoms with Gasteiger partial charge in [-0.05, 0) is 36.4 Å². The molecule has 1 amide bonds. The fraction of sp³-hybridized carbons (Fsp3) is 0.300. The second kappa shape index (κ2) is 5.65. The first-order chi connectivity index (χ1) is 6.74. The molecular weight excluding hydrogens is 201 g/mol. The van der Waals surface area contributed by atoms with Crippen LogP contribution in [0.15, 0.2) is 24.3 Å². The minimum Gasteiger partial charge on any atom is -0.352 e. The molecule has 4 heteroatoms. The van der Waals surface area contributed by atoms with Crippen LogP contribution in [0.1, 0.15) is 16.8 Å². The van der Waals surface area contributed by atoms with Gasteiger partial charge in [0.2, 0.25) is 0 Å². The van der Waals surface area contributed by atoms with E-state index >= 15 is 0 Å². The van der Waals surface area contributed by atoms with Crippen molar-refractivity contribution in [2.75, 3.05) is 12.3 Å². The van der Waals surface area contributed by atoms with Crippen molar-refractivity contribution in [1.82, 2.24) is 5.32 Å². The lowest BCUT2D eigenvalue weighted by Gasteiger charge is -2.03. The number of rotatable bonds is 4. The first kappa shape index (κ1) is 11.0. The largest absolute Gasteiger partial charge is 0.352 e. The summed E-state index contributed by atoms with van der Waals surface area (Å²) in [5.74, 6) is 0.229. The number of carbonyl (C=O) groups is 1. The molecule has 0 aliphatic rings. The van der Waals surface area contributed by atoms with Gasteiger partial charge in [-0.1, -0.05) is 0 Å². The molecular formula is C10H12FNOS. The highest BCUT2D eigenvalue weighted by molar-refractivity contribution is 7.80. The molecule has 0 saturated heterocycles. The van der Waals surface area contributed by atoms with Gasteiger partial charge in [0, 0.05) is 12.1 Å². The van der Waals surface area contributed by atoms with Crippen LogP contribution in [-0.4, -0.2) is 18.2 Å². The van der Waals surface area contributed by atoms with E-state index in [2.05, 4.69) is 17.9 Å². The molecule has 0 saturated carbocycles. The third-order valence-electron chi connectivity index (χ3n) is 1.73. The van der Waals surface area contributed by atoms with E-state index in [0.717, 1.165) is 12.2 Å². The Morgan fingerprint density at radius 1 is 1.36 bits per heavy atom. The Kier molecular flexibility index (Phi) is 4.46. The monoisotopic (exact) mass is 213 g/mol. The molecule has 1 rings (SSSR count). The zero-order valence-corrected chi connectivity index (χ0v) is 8.56. The lowest BCUT2D eigenvalue weighted by atomic mass is 10.2. The second-order valence-corrected chi connectivity index (χ2v) is 3.29. The number of amides is 1. The molecule has 0 fully saturated rings. The minimum atomic E-state index is -0.336. The van der Waals surface area contributed by atoms with Crippen molar-refractivity contribution in [3.8, 4) is 0 Å². The highest BCUT2D eigenvalue weighted by Crippen LogP contribution is 2.02.